The fraction of sp³-hybridized carbons (Fsp3) is 0.188. The molecule has 0 fully saturated rings. The molecule has 102 valence electrons. The Morgan fingerprint density at radius 1 is 1.15 bits per heavy atom. The fourth-order valence-corrected chi connectivity index (χ4v) is 2.22. The lowest BCUT2D eigenvalue weighted by molar-refractivity contribution is 0.290. The number of phenolic OH excluding ortho intramolecular Hbond substituents is 1. The molecule has 1 heterocycles. The number of hydrogen-bond donors (Lipinski definition) is 1. The second-order valence-corrected chi connectivity index (χ2v) is 4.61. The number of aryl methyl sites for hydroxylation is 1. The molecule has 0 unspecified atom stereocenters. The van der Waals surface area contributed by atoms with Crippen molar-refractivity contribution < 1.29 is 9.84 Å². The van der Waals surface area contributed by atoms with Crippen LogP contribution in [0.2, 0.25) is 0 Å². The average molecular weight is 268 g/mol. The summed E-state index contributed by atoms with van der Waals surface area (Å²) in [5, 5.41) is 11.5. The van der Waals surface area contributed by atoms with Crippen molar-refractivity contribution in [3.05, 3.63) is 54.6 Å². The van der Waals surface area contributed by atoms with Crippen LogP contribution in [0.3, 0.4) is 0 Å². The third-order valence-electron chi connectivity index (χ3n) is 3.31. The predicted octanol–water partition coefficient (Wildman–Crippen LogP) is 3.34. The lowest BCUT2D eigenvalue weighted by Crippen LogP contribution is -2.05. The van der Waals surface area contributed by atoms with E-state index in [2.05, 4.69) is 11.9 Å². The summed E-state index contributed by atoms with van der Waals surface area (Å²) in [4.78, 5) is 4.28. The lowest BCUT2D eigenvalue weighted by Gasteiger charge is -2.08. The Kier molecular flexibility index (Phi) is 3.29. The first-order chi connectivity index (χ1) is 9.76. The van der Waals surface area contributed by atoms with Gasteiger partial charge in [0.15, 0.2) is 0 Å². The van der Waals surface area contributed by atoms with Gasteiger partial charge in [-0.25, -0.2) is 4.98 Å². The van der Waals surface area contributed by atoms with Crippen molar-refractivity contribution in [3.63, 3.8) is 0 Å². The van der Waals surface area contributed by atoms with Crippen LogP contribution in [-0.4, -0.2) is 14.7 Å². The molecule has 2 aromatic carbocycles. The quantitative estimate of drug-likeness (QED) is 0.789. The summed E-state index contributed by atoms with van der Waals surface area (Å²) < 4.78 is 7.82. The summed E-state index contributed by atoms with van der Waals surface area (Å²) in [6, 6.07) is 11.1. The van der Waals surface area contributed by atoms with Crippen LogP contribution in [-0.2, 0) is 13.2 Å². The maximum absolute atomic E-state index is 9.52. The molecule has 0 radical (unpaired) electrons. The molecule has 1 N–H and O–H groups in total. The minimum absolute atomic E-state index is 0.260. The van der Waals surface area contributed by atoms with E-state index in [0.717, 1.165) is 28.9 Å². The van der Waals surface area contributed by atoms with Gasteiger partial charge in [-0.2, -0.15) is 0 Å². The van der Waals surface area contributed by atoms with Crippen molar-refractivity contribution in [1.82, 2.24) is 9.55 Å². The monoisotopic (exact) mass is 268 g/mol. The van der Waals surface area contributed by atoms with E-state index < -0.39 is 0 Å². The van der Waals surface area contributed by atoms with Crippen molar-refractivity contribution in [1.29, 1.82) is 0 Å². The Balaban J connectivity index is 1.80. The van der Waals surface area contributed by atoms with Crippen LogP contribution in [0.1, 0.15) is 12.7 Å². The average Bonchev–Trinajstić information content (AvgIpc) is 2.92. The molecular formula is C16H16N2O2. The van der Waals surface area contributed by atoms with Gasteiger partial charge in [0.2, 0.25) is 0 Å². The molecule has 1 aromatic heterocycles. The van der Waals surface area contributed by atoms with Crippen molar-refractivity contribution in [3.8, 4) is 11.5 Å². The van der Waals surface area contributed by atoms with E-state index in [1.54, 1.807) is 18.3 Å². The van der Waals surface area contributed by atoms with Gasteiger partial charge in [0.25, 0.3) is 0 Å². The summed E-state index contributed by atoms with van der Waals surface area (Å²) in [6.45, 7) is 3.39. The molecule has 0 saturated heterocycles. The van der Waals surface area contributed by atoms with Gasteiger partial charge in [0.05, 0.1) is 0 Å². The molecule has 0 spiro atoms. The summed E-state index contributed by atoms with van der Waals surface area (Å²) in [6.07, 6.45) is 3.72. The van der Waals surface area contributed by atoms with E-state index in [1.807, 2.05) is 35.0 Å². The van der Waals surface area contributed by atoms with Gasteiger partial charge in [-0.1, -0.05) is 12.1 Å². The number of hydrogen-bond acceptors (Lipinski definition) is 3. The van der Waals surface area contributed by atoms with Crippen LogP contribution < -0.4 is 4.74 Å². The van der Waals surface area contributed by atoms with Crippen LogP contribution in [0.15, 0.2) is 48.8 Å². The van der Waals surface area contributed by atoms with Gasteiger partial charge < -0.3 is 14.4 Å². The Bertz CT molecular complexity index is 734. The predicted molar refractivity (Wildman–Crippen MR) is 77.8 cm³/mol. The second kappa shape index (κ2) is 5.25. The van der Waals surface area contributed by atoms with E-state index in [-0.39, 0.29) is 5.75 Å². The molecule has 0 saturated carbocycles. The molecule has 3 aromatic rings. The molecule has 0 aliphatic carbocycles. The highest BCUT2D eigenvalue weighted by atomic mass is 16.5. The van der Waals surface area contributed by atoms with Crippen molar-refractivity contribution >= 4 is 10.8 Å². The first-order valence-corrected chi connectivity index (χ1v) is 6.62. The van der Waals surface area contributed by atoms with Gasteiger partial charge >= 0.3 is 0 Å². The molecule has 0 atom stereocenters. The van der Waals surface area contributed by atoms with E-state index in [9.17, 15) is 5.11 Å². The number of benzene rings is 2. The number of phenols is 1. The maximum Gasteiger partial charge on any atom is 0.146 e. The summed E-state index contributed by atoms with van der Waals surface area (Å²) in [5.74, 6) is 1.94. The van der Waals surface area contributed by atoms with Gasteiger partial charge in [0.1, 0.15) is 23.9 Å². The number of ether oxygens (including phenoxy) is 1. The first kappa shape index (κ1) is 12.5. The lowest BCUT2D eigenvalue weighted by atomic mass is 10.1. The highest BCUT2D eigenvalue weighted by molar-refractivity contribution is 5.85. The van der Waals surface area contributed by atoms with Crippen molar-refractivity contribution in [2.24, 2.45) is 0 Å². The van der Waals surface area contributed by atoms with Crippen molar-refractivity contribution in [2.45, 2.75) is 20.1 Å². The molecule has 0 aliphatic rings. The Morgan fingerprint density at radius 2 is 2.00 bits per heavy atom. The third-order valence-corrected chi connectivity index (χ3v) is 3.31. The molecule has 20 heavy (non-hydrogen) atoms. The van der Waals surface area contributed by atoms with Crippen LogP contribution in [0, 0.1) is 0 Å². The molecule has 0 aliphatic heterocycles. The standard InChI is InChI=1S/C16H16N2O2/c1-2-18-8-7-17-16(18)11-20-15-6-4-12-3-5-14(19)9-13(12)10-15/h3-10,19H,2,11H2,1H3. The zero-order valence-corrected chi connectivity index (χ0v) is 11.3. The summed E-state index contributed by atoms with van der Waals surface area (Å²) in [7, 11) is 0. The summed E-state index contributed by atoms with van der Waals surface area (Å²) >= 11 is 0. The number of aromatic hydroxyl groups is 1. The van der Waals surface area contributed by atoms with Crippen LogP contribution in [0.25, 0.3) is 10.8 Å². The molecule has 3 rings (SSSR count). The van der Waals surface area contributed by atoms with Gasteiger partial charge in [0, 0.05) is 18.9 Å². The number of imidazole rings is 1. The number of nitrogens with zero attached hydrogens (tertiary/aromatic N) is 2. The van der Waals surface area contributed by atoms with E-state index in [1.165, 1.54) is 0 Å². The third kappa shape index (κ3) is 2.45. The Hall–Kier alpha value is -2.49. The normalized spacial score (nSPS) is 10.8. The molecule has 4 heteroatoms. The molecule has 4 nitrogen and oxygen atoms in total. The zero-order valence-electron chi connectivity index (χ0n) is 11.3. The fourth-order valence-electron chi connectivity index (χ4n) is 2.22. The Labute approximate surface area is 117 Å². The summed E-state index contributed by atoms with van der Waals surface area (Å²) in [5.41, 5.74) is 0. The molecular weight excluding hydrogens is 252 g/mol. The van der Waals surface area contributed by atoms with Gasteiger partial charge in [-0.05, 0) is 42.0 Å². The molecule has 0 amide bonds. The number of fused-ring (bicyclic) bond motifs is 1. The minimum Gasteiger partial charge on any atom is -0.508 e. The van der Waals surface area contributed by atoms with E-state index in [0.29, 0.717) is 6.61 Å². The van der Waals surface area contributed by atoms with Crippen molar-refractivity contribution in [2.75, 3.05) is 0 Å². The number of aromatic nitrogens is 2. The van der Waals surface area contributed by atoms with Crippen LogP contribution in [0.4, 0.5) is 0 Å². The smallest absolute Gasteiger partial charge is 0.146 e. The zero-order chi connectivity index (χ0) is 13.9. The van der Waals surface area contributed by atoms with Gasteiger partial charge in [-0.3, -0.25) is 0 Å². The largest absolute Gasteiger partial charge is 0.508 e. The highest BCUT2D eigenvalue weighted by Gasteiger charge is 2.03. The minimum atomic E-state index is 0.260. The van der Waals surface area contributed by atoms with E-state index in [4.69, 9.17) is 4.74 Å². The second-order valence-electron chi connectivity index (χ2n) is 4.61. The van der Waals surface area contributed by atoms with Crippen LogP contribution >= 0.6 is 0 Å². The molecule has 0 bridgehead atoms. The maximum atomic E-state index is 9.52. The van der Waals surface area contributed by atoms with Crippen LogP contribution in [0.5, 0.6) is 11.5 Å². The number of rotatable bonds is 4. The highest BCUT2D eigenvalue weighted by Crippen LogP contribution is 2.24. The van der Waals surface area contributed by atoms with E-state index >= 15 is 0 Å². The SMILES string of the molecule is CCn1ccnc1COc1ccc2ccc(O)cc2c1. The Morgan fingerprint density at radius 3 is 2.85 bits per heavy atom. The first-order valence-electron chi connectivity index (χ1n) is 6.62. The van der Waals surface area contributed by atoms with Gasteiger partial charge in [-0.15, -0.1) is 0 Å². The topological polar surface area (TPSA) is 47.3 Å².